The molecule has 0 saturated heterocycles. The van der Waals surface area contributed by atoms with Gasteiger partial charge in [-0.2, -0.15) is 0 Å². The first-order valence-corrected chi connectivity index (χ1v) is 5.48. The number of aryl methyl sites for hydroxylation is 2. The molecule has 0 aliphatic carbocycles. The van der Waals surface area contributed by atoms with Crippen LogP contribution in [-0.2, 0) is 0 Å². The molecule has 17 heavy (non-hydrogen) atoms. The molecule has 0 aliphatic heterocycles. The van der Waals surface area contributed by atoms with Crippen molar-refractivity contribution in [2.45, 2.75) is 13.8 Å². The molecule has 3 nitrogen and oxygen atoms in total. The minimum atomic E-state index is 0.577. The van der Waals surface area contributed by atoms with Crippen LogP contribution in [-0.4, -0.2) is 4.86 Å². The summed E-state index contributed by atoms with van der Waals surface area (Å²) in [5.41, 5.74) is 3.30. The van der Waals surface area contributed by atoms with Gasteiger partial charge in [-0.3, -0.25) is 0 Å². The van der Waals surface area contributed by atoms with E-state index in [1.165, 1.54) is 0 Å². The molecule has 0 bridgehead atoms. The van der Waals surface area contributed by atoms with E-state index in [1.54, 1.807) is 6.07 Å². The number of para-hydroxylation sites is 1. The molecule has 0 aliphatic rings. The fraction of sp³-hybridized carbons (Fsp3) is 0.143. The summed E-state index contributed by atoms with van der Waals surface area (Å²) in [6.07, 6.45) is 0. The first-order valence-electron chi connectivity index (χ1n) is 5.48. The summed E-state index contributed by atoms with van der Waals surface area (Å²) in [5, 5.41) is 15.9. The molecule has 0 amide bonds. The molecule has 0 radical (unpaired) electrons. The molecule has 3 heteroatoms. The Kier molecular flexibility index (Phi) is 3.19. The van der Waals surface area contributed by atoms with Crippen LogP contribution in [0.5, 0.6) is 0 Å². The summed E-state index contributed by atoms with van der Waals surface area (Å²) in [4.78, 5) is 0.667. The van der Waals surface area contributed by atoms with Crippen molar-refractivity contribution in [3.63, 3.8) is 0 Å². The topological polar surface area (TPSA) is 38.4 Å². The molecule has 0 spiro atoms. The molecule has 0 unspecified atom stereocenters. The maximum atomic E-state index is 11.9. The molecule has 86 valence electrons. The van der Waals surface area contributed by atoms with Crippen LogP contribution in [0.15, 0.2) is 53.6 Å². The monoisotopic (exact) mass is 226 g/mol. The zero-order valence-corrected chi connectivity index (χ0v) is 9.92. The van der Waals surface area contributed by atoms with E-state index >= 15 is 0 Å². The van der Waals surface area contributed by atoms with E-state index in [2.05, 4.69) is 5.11 Å². The normalized spacial score (nSPS) is 11.5. The average molecular weight is 226 g/mol. The molecule has 0 N–H and O–H groups in total. The lowest BCUT2D eigenvalue weighted by atomic mass is 10.2. The van der Waals surface area contributed by atoms with Gasteiger partial charge in [0.15, 0.2) is 0 Å². The summed E-state index contributed by atoms with van der Waals surface area (Å²) >= 11 is 0. The summed E-state index contributed by atoms with van der Waals surface area (Å²) in [6, 6.07) is 14.9. The highest BCUT2D eigenvalue weighted by molar-refractivity contribution is 5.40. The van der Waals surface area contributed by atoms with Crippen LogP contribution in [0, 0.1) is 19.1 Å². The van der Waals surface area contributed by atoms with Crippen molar-refractivity contribution < 1.29 is 4.86 Å². The molecular formula is C14H14N2O. The van der Waals surface area contributed by atoms with Crippen LogP contribution in [0.25, 0.3) is 0 Å². The lowest BCUT2D eigenvalue weighted by Gasteiger charge is -2.02. The third kappa shape index (κ3) is 2.69. The van der Waals surface area contributed by atoms with Crippen molar-refractivity contribution in [2.24, 2.45) is 5.11 Å². The van der Waals surface area contributed by atoms with E-state index in [4.69, 9.17) is 0 Å². The number of nitrogens with zero attached hydrogens (tertiary/aromatic N) is 2. The summed E-state index contributed by atoms with van der Waals surface area (Å²) < 4.78 is 0. The standard InChI is InChI=1S/C14H14N2O/c1-11-7-9-13(10-8-11)15-16(17)14-6-4-3-5-12(14)2/h3-10H,1-2H3. The van der Waals surface area contributed by atoms with Gasteiger partial charge in [0.05, 0.1) is 0 Å². The lowest BCUT2D eigenvalue weighted by Crippen LogP contribution is -1.92. The first-order chi connectivity index (χ1) is 8.16. The Balaban J connectivity index is 2.34. The van der Waals surface area contributed by atoms with Crippen molar-refractivity contribution in [2.75, 3.05) is 0 Å². The molecule has 0 heterocycles. The van der Waals surface area contributed by atoms with Crippen molar-refractivity contribution in [1.82, 2.24) is 0 Å². The van der Waals surface area contributed by atoms with Crippen molar-refractivity contribution in [3.05, 3.63) is 64.9 Å². The molecule has 2 rings (SSSR count). The third-order valence-corrected chi connectivity index (χ3v) is 2.56. The minimum absolute atomic E-state index is 0.577. The SMILES string of the molecule is Cc1ccc(N=[N+]([O-])c2ccccc2C)cc1. The first kappa shape index (κ1) is 11.3. The van der Waals surface area contributed by atoms with E-state index in [-0.39, 0.29) is 0 Å². The fourth-order valence-electron chi connectivity index (χ4n) is 1.55. The zero-order valence-electron chi connectivity index (χ0n) is 9.92. The van der Waals surface area contributed by atoms with Gasteiger partial charge in [0, 0.05) is 16.7 Å². The summed E-state index contributed by atoms with van der Waals surface area (Å²) in [5.74, 6) is 0. The van der Waals surface area contributed by atoms with Gasteiger partial charge < -0.3 is 5.21 Å². The van der Waals surface area contributed by atoms with Crippen LogP contribution in [0.2, 0.25) is 0 Å². The van der Waals surface area contributed by atoms with E-state index in [0.717, 1.165) is 11.1 Å². The van der Waals surface area contributed by atoms with Crippen molar-refractivity contribution in [1.29, 1.82) is 0 Å². The Morgan fingerprint density at radius 3 is 2.24 bits per heavy atom. The van der Waals surface area contributed by atoms with Crippen LogP contribution >= 0.6 is 0 Å². The zero-order chi connectivity index (χ0) is 12.3. The second-order valence-electron chi connectivity index (χ2n) is 3.99. The van der Waals surface area contributed by atoms with E-state index < -0.39 is 0 Å². The fourth-order valence-corrected chi connectivity index (χ4v) is 1.55. The molecule has 2 aromatic carbocycles. The Morgan fingerprint density at radius 1 is 0.941 bits per heavy atom. The van der Waals surface area contributed by atoms with Gasteiger partial charge in [0.2, 0.25) is 5.69 Å². The smallest absolute Gasteiger partial charge is 0.247 e. The summed E-state index contributed by atoms with van der Waals surface area (Å²) in [6.45, 7) is 3.89. The lowest BCUT2D eigenvalue weighted by molar-refractivity contribution is -0.435. The molecule has 0 atom stereocenters. The second kappa shape index (κ2) is 4.78. The van der Waals surface area contributed by atoms with E-state index in [9.17, 15) is 5.21 Å². The number of azo groups is 1. The number of benzene rings is 2. The van der Waals surface area contributed by atoms with Gasteiger partial charge in [-0.1, -0.05) is 35.9 Å². The molecule has 0 aromatic heterocycles. The predicted molar refractivity (Wildman–Crippen MR) is 67.7 cm³/mol. The van der Waals surface area contributed by atoms with Gasteiger partial charge >= 0.3 is 0 Å². The van der Waals surface area contributed by atoms with Gasteiger partial charge in [-0.15, -0.1) is 0 Å². The maximum Gasteiger partial charge on any atom is 0.247 e. The highest BCUT2D eigenvalue weighted by Crippen LogP contribution is 2.20. The van der Waals surface area contributed by atoms with Gasteiger partial charge in [0.25, 0.3) is 0 Å². The Hall–Kier alpha value is -2.16. The largest absolute Gasteiger partial charge is 0.594 e. The number of hydrogen-bond acceptors (Lipinski definition) is 2. The van der Waals surface area contributed by atoms with Gasteiger partial charge in [-0.25, -0.2) is 0 Å². The van der Waals surface area contributed by atoms with Gasteiger partial charge in [0.1, 0.15) is 5.69 Å². The molecule has 0 saturated carbocycles. The summed E-state index contributed by atoms with van der Waals surface area (Å²) in [7, 11) is 0. The van der Waals surface area contributed by atoms with Crippen LogP contribution in [0.1, 0.15) is 11.1 Å². The second-order valence-corrected chi connectivity index (χ2v) is 3.99. The Bertz CT molecular complexity index is 544. The highest BCUT2D eigenvalue weighted by atomic mass is 16.5. The quantitative estimate of drug-likeness (QED) is 0.429. The maximum absolute atomic E-state index is 11.9. The van der Waals surface area contributed by atoms with Crippen LogP contribution in [0.4, 0.5) is 11.4 Å². The average Bonchev–Trinajstić information content (AvgIpc) is 2.32. The molecule has 0 fully saturated rings. The van der Waals surface area contributed by atoms with Crippen molar-refractivity contribution >= 4 is 11.4 Å². The number of hydrogen-bond donors (Lipinski definition) is 0. The van der Waals surface area contributed by atoms with Gasteiger partial charge in [-0.05, 0) is 30.8 Å². The van der Waals surface area contributed by atoms with Crippen LogP contribution < -0.4 is 0 Å². The Labute approximate surface area is 101 Å². The Morgan fingerprint density at radius 2 is 1.59 bits per heavy atom. The highest BCUT2D eigenvalue weighted by Gasteiger charge is 2.06. The molecular weight excluding hydrogens is 212 g/mol. The predicted octanol–water partition coefficient (Wildman–Crippen LogP) is 4.23. The van der Waals surface area contributed by atoms with E-state index in [0.29, 0.717) is 16.2 Å². The molecule has 2 aromatic rings. The van der Waals surface area contributed by atoms with E-state index in [1.807, 2.05) is 56.3 Å². The third-order valence-electron chi connectivity index (χ3n) is 2.56. The van der Waals surface area contributed by atoms with Crippen molar-refractivity contribution in [3.8, 4) is 0 Å². The minimum Gasteiger partial charge on any atom is -0.594 e. The number of rotatable bonds is 2. The van der Waals surface area contributed by atoms with Crippen LogP contribution in [0.3, 0.4) is 0 Å².